The van der Waals surface area contributed by atoms with Gasteiger partial charge in [0.05, 0.1) is 19.0 Å². The maximum Gasteiger partial charge on any atom is 0.434 e. The molecule has 2 aromatic heterocycles. The van der Waals surface area contributed by atoms with E-state index in [-0.39, 0.29) is 17.5 Å². The van der Waals surface area contributed by atoms with Crippen LogP contribution in [-0.2, 0) is 4.84 Å². The summed E-state index contributed by atoms with van der Waals surface area (Å²) in [6, 6.07) is 3.52. The van der Waals surface area contributed by atoms with Crippen LogP contribution in [0.15, 0.2) is 24.5 Å². The SMILES string of the molecule is COc1ncccc1Nc1ncc(N)c(NOC(=O)N2CCCCC2)n1. The van der Waals surface area contributed by atoms with E-state index in [0.29, 0.717) is 24.7 Å². The number of likely N-dealkylation sites (tertiary alicyclic amines) is 1. The molecule has 0 saturated carbocycles. The van der Waals surface area contributed by atoms with Crippen molar-refractivity contribution in [1.29, 1.82) is 0 Å². The molecule has 10 nitrogen and oxygen atoms in total. The molecule has 4 N–H and O–H groups in total. The summed E-state index contributed by atoms with van der Waals surface area (Å²) in [7, 11) is 1.52. The van der Waals surface area contributed by atoms with Gasteiger partial charge in [-0.25, -0.2) is 14.8 Å². The lowest BCUT2D eigenvalue weighted by Gasteiger charge is -2.25. The Bertz CT molecular complexity index is 765. The molecule has 0 spiro atoms. The van der Waals surface area contributed by atoms with Crippen LogP contribution in [0.1, 0.15) is 19.3 Å². The molecule has 1 aliphatic rings. The molecule has 1 fully saturated rings. The Morgan fingerprint density at radius 1 is 1.27 bits per heavy atom. The Morgan fingerprint density at radius 3 is 2.85 bits per heavy atom. The van der Waals surface area contributed by atoms with Gasteiger partial charge >= 0.3 is 6.09 Å². The van der Waals surface area contributed by atoms with Crippen molar-refractivity contribution >= 4 is 29.2 Å². The molecule has 0 aliphatic carbocycles. The van der Waals surface area contributed by atoms with E-state index in [1.165, 1.54) is 13.3 Å². The quantitative estimate of drug-likeness (QED) is 0.688. The van der Waals surface area contributed by atoms with Crippen LogP contribution in [0.4, 0.5) is 27.9 Å². The van der Waals surface area contributed by atoms with Gasteiger partial charge in [0.25, 0.3) is 0 Å². The predicted molar refractivity (Wildman–Crippen MR) is 96.0 cm³/mol. The molecule has 1 saturated heterocycles. The Balaban J connectivity index is 1.66. The fraction of sp³-hybridized carbons (Fsp3) is 0.375. The van der Waals surface area contributed by atoms with E-state index in [1.54, 1.807) is 23.2 Å². The zero-order valence-electron chi connectivity index (χ0n) is 14.4. The molecule has 10 heteroatoms. The van der Waals surface area contributed by atoms with Gasteiger partial charge in [-0.05, 0) is 31.4 Å². The Kier molecular flexibility index (Phi) is 5.52. The van der Waals surface area contributed by atoms with Crippen LogP contribution in [0.3, 0.4) is 0 Å². The van der Waals surface area contributed by atoms with Gasteiger partial charge in [0, 0.05) is 19.3 Å². The summed E-state index contributed by atoms with van der Waals surface area (Å²) in [6.45, 7) is 1.38. The zero-order chi connectivity index (χ0) is 18.4. The molecule has 0 radical (unpaired) electrons. The average Bonchev–Trinajstić information content (AvgIpc) is 2.69. The smallest absolute Gasteiger partial charge is 0.434 e. The average molecular weight is 359 g/mol. The second-order valence-corrected chi connectivity index (χ2v) is 5.70. The van der Waals surface area contributed by atoms with Crippen molar-refractivity contribution in [3.05, 3.63) is 24.5 Å². The number of ether oxygens (including phenoxy) is 1. The number of nitrogens with two attached hydrogens (primary N) is 1. The number of nitrogens with one attached hydrogen (secondary N) is 2. The van der Waals surface area contributed by atoms with Crippen molar-refractivity contribution in [2.24, 2.45) is 0 Å². The van der Waals surface area contributed by atoms with Crippen molar-refractivity contribution in [3.8, 4) is 5.88 Å². The number of carbonyl (C=O) groups is 1. The molecule has 1 amide bonds. The number of hydrogen-bond donors (Lipinski definition) is 3. The van der Waals surface area contributed by atoms with Crippen LogP contribution in [0.25, 0.3) is 0 Å². The van der Waals surface area contributed by atoms with Crippen molar-refractivity contribution < 1.29 is 14.4 Å². The molecule has 2 aromatic rings. The summed E-state index contributed by atoms with van der Waals surface area (Å²) in [5.41, 5.74) is 9.20. The van der Waals surface area contributed by atoms with Crippen molar-refractivity contribution in [2.75, 3.05) is 36.7 Å². The van der Waals surface area contributed by atoms with Crippen LogP contribution in [0.5, 0.6) is 5.88 Å². The molecule has 1 aliphatic heterocycles. The molecule has 0 aromatic carbocycles. The van der Waals surface area contributed by atoms with Crippen LogP contribution in [0, 0.1) is 0 Å². The normalized spacial score (nSPS) is 13.8. The van der Waals surface area contributed by atoms with Gasteiger partial charge in [-0.2, -0.15) is 10.5 Å². The van der Waals surface area contributed by atoms with E-state index < -0.39 is 6.09 Å². The number of rotatable bonds is 5. The number of nitrogen functional groups attached to an aromatic ring is 1. The van der Waals surface area contributed by atoms with Crippen LogP contribution in [-0.4, -0.2) is 46.1 Å². The minimum atomic E-state index is -0.453. The number of aromatic nitrogens is 3. The van der Waals surface area contributed by atoms with E-state index in [1.807, 2.05) is 0 Å². The Hall–Kier alpha value is -3.30. The highest BCUT2D eigenvalue weighted by Gasteiger charge is 2.18. The van der Waals surface area contributed by atoms with Gasteiger partial charge in [0.2, 0.25) is 11.8 Å². The number of anilines is 4. The van der Waals surface area contributed by atoms with E-state index in [2.05, 4.69) is 25.7 Å². The number of piperidine rings is 1. The third kappa shape index (κ3) is 4.21. The first kappa shape index (κ1) is 17.5. The molecule has 3 rings (SSSR count). The summed E-state index contributed by atoms with van der Waals surface area (Å²) in [4.78, 5) is 31.2. The minimum absolute atomic E-state index is 0.190. The lowest BCUT2D eigenvalue weighted by atomic mass is 10.1. The Labute approximate surface area is 150 Å². The van der Waals surface area contributed by atoms with Crippen molar-refractivity contribution in [3.63, 3.8) is 0 Å². The lowest BCUT2D eigenvalue weighted by molar-refractivity contribution is 0.114. The fourth-order valence-corrected chi connectivity index (χ4v) is 2.54. The number of hydrogen-bond acceptors (Lipinski definition) is 9. The zero-order valence-corrected chi connectivity index (χ0v) is 14.4. The highest BCUT2D eigenvalue weighted by molar-refractivity contribution is 5.70. The summed E-state index contributed by atoms with van der Waals surface area (Å²) in [6.07, 6.45) is 5.66. The van der Waals surface area contributed by atoms with Crippen molar-refractivity contribution in [2.45, 2.75) is 19.3 Å². The lowest BCUT2D eigenvalue weighted by Crippen LogP contribution is -2.37. The maximum absolute atomic E-state index is 12.1. The van der Waals surface area contributed by atoms with E-state index in [9.17, 15) is 4.79 Å². The van der Waals surface area contributed by atoms with Gasteiger partial charge in [0.15, 0.2) is 5.82 Å². The van der Waals surface area contributed by atoms with Crippen LogP contribution >= 0.6 is 0 Å². The minimum Gasteiger partial charge on any atom is -0.480 e. The second kappa shape index (κ2) is 8.19. The number of nitrogens with zero attached hydrogens (tertiary/aromatic N) is 4. The molecular formula is C16H21N7O3. The summed E-state index contributed by atoms with van der Waals surface area (Å²) >= 11 is 0. The summed E-state index contributed by atoms with van der Waals surface area (Å²) in [5, 5.41) is 2.99. The first-order chi connectivity index (χ1) is 12.7. The second-order valence-electron chi connectivity index (χ2n) is 5.70. The first-order valence-corrected chi connectivity index (χ1v) is 8.27. The van der Waals surface area contributed by atoms with Gasteiger partial charge in [-0.15, -0.1) is 0 Å². The highest BCUT2D eigenvalue weighted by atomic mass is 16.7. The topological polar surface area (TPSA) is 128 Å². The predicted octanol–water partition coefficient (Wildman–Crippen LogP) is 2.16. The standard InChI is InChI=1S/C16H21N7O3/c1-25-14-12(6-5-7-18-14)20-15-19-10-11(17)13(21-15)22-26-16(24)23-8-3-2-4-9-23/h5-7,10H,2-4,8-9,17H2,1H3,(H2,19,20,21,22). The van der Waals surface area contributed by atoms with E-state index >= 15 is 0 Å². The Morgan fingerprint density at radius 2 is 2.08 bits per heavy atom. The highest BCUT2D eigenvalue weighted by Crippen LogP contribution is 2.24. The van der Waals surface area contributed by atoms with E-state index in [0.717, 1.165) is 19.3 Å². The molecule has 138 valence electrons. The number of amides is 1. The monoisotopic (exact) mass is 359 g/mol. The van der Waals surface area contributed by atoms with Gasteiger partial charge in [0.1, 0.15) is 5.69 Å². The summed E-state index contributed by atoms with van der Waals surface area (Å²) < 4.78 is 5.17. The molecular weight excluding hydrogens is 338 g/mol. The maximum atomic E-state index is 12.1. The van der Waals surface area contributed by atoms with Crippen LogP contribution < -0.4 is 21.3 Å². The fourth-order valence-electron chi connectivity index (χ4n) is 2.54. The summed E-state index contributed by atoms with van der Waals surface area (Å²) in [5.74, 6) is 0.844. The van der Waals surface area contributed by atoms with Crippen LogP contribution in [0.2, 0.25) is 0 Å². The van der Waals surface area contributed by atoms with E-state index in [4.69, 9.17) is 15.3 Å². The molecule has 0 unspecified atom stereocenters. The van der Waals surface area contributed by atoms with Gasteiger partial charge < -0.3 is 25.5 Å². The van der Waals surface area contributed by atoms with Gasteiger partial charge in [-0.1, -0.05) is 0 Å². The van der Waals surface area contributed by atoms with Crippen molar-refractivity contribution in [1.82, 2.24) is 19.9 Å². The number of carbonyl (C=O) groups excluding carboxylic acids is 1. The molecule has 26 heavy (non-hydrogen) atoms. The first-order valence-electron chi connectivity index (χ1n) is 8.27. The van der Waals surface area contributed by atoms with Gasteiger partial charge in [-0.3, -0.25) is 0 Å². The molecule has 0 atom stereocenters. The molecule has 3 heterocycles. The third-order valence-corrected chi connectivity index (χ3v) is 3.88. The third-order valence-electron chi connectivity index (χ3n) is 3.88. The number of methoxy groups -OCH3 is 1. The molecule has 0 bridgehead atoms. The largest absolute Gasteiger partial charge is 0.480 e. The number of pyridine rings is 1.